The first kappa shape index (κ1) is 18.8. The standard InChI is InChI=1S/C23H21NO5/c1-3-27-23(26)20-11-18-19(24(20)14-25)8-5-9-21(18)28-12-16-13-29-22-10-15(2)6-4-7-17(16)22/h4-11,13-15H,3,12H2,1-2H3. The van der Waals surface area contributed by atoms with E-state index < -0.39 is 5.97 Å². The second kappa shape index (κ2) is 7.83. The molecule has 0 aliphatic heterocycles. The van der Waals surface area contributed by atoms with Crippen molar-refractivity contribution in [1.82, 2.24) is 4.57 Å². The zero-order chi connectivity index (χ0) is 20.4. The van der Waals surface area contributed by atoms with Crippen LogP contribution in [-0.4, -0.2) is 23.6 Å². The highest BCUT2D eigenvalue weighted by Crippen LogP contribution is 2.29. The fraction of sp³-hybridized carbons (Fsp3) is 0.217. The first-order chi connectivity index (χ1) is 14.1. The molecule has 0 bridgehead atoms. The van der Waals surface area contributed by atoms with E-state index in [1.54, 1.807) is 31.4 Å². The van der Waals surface area contributed by atoms with Crippen molar-refractivity contribution < 1.29 is 23.5 Å². The average Bonchev–Trinajstić information content (AvgIpc) is 3.22. The van der Waals surface area contributed by atoms with Crippen LogP contribution >= 0.6 is 0 Å². The van der Waals surface area contributed by atoms with Crippen molar-refractivity contribution in [3.8, 4) is 5.75 Å². The van der Waals surface area contributed by atoms with E-state index in [9.17, 15) is 9.59 Å². The van der Waals surface area contributed by atoms with Crippen molar-refractivity contribution >= 4 is 35.4 Å². The molecule has 4 rings (SSSR count). The number of aromatic nitrogens is 1. The van der Waals surface area contributed by atoms with E-state index in [4.69, 9.17) is 13.9 Å². The molecule has 3 aromatic rings. The van der Waals surface area contributed by atoms with Crippen LogP contribution in [0.2, 0.25) is 0 Å². The molecule has 1 unspecified atom stereocenters. The summed E-state index contributed by atoms with van der Waals surface area (Å²) >= 11 is 0. The molecule has 2 heterocycles. The highest BCUT2D eigenvalue weighted by molar-refractivity contribution is 6.01. The van der Waals surface area contributed by atoms with Gasteiger partial charge in [-0.1, -0.05) is 31.2 Å². The summed E-state index contributed by atoms with van der Waals surface area (Å²) in [6, 6.07) is 6.98. The Hall–Kier alpha value is -3.54. The lowest BCUT2D eigenvalue weighted by molar-refractivity contribution is 0.0518. The van der Waals surface area contributed by atoms with E-state index in [-0.39, 0.29) is 12.3 Å². The van der Waals surface area contributed by atoms with Gasteiger partial charge in [0.05, 0.1) is 18.4 Å². The monoisotopic (exact) mass is 391 g/mol. The molecule has 0 saturated heterocycles. The number of hydrogen-bond donors (Lipinski definition) is 0. The number of benzene rings is 1. The molecule has 29 heavy (non-hydrogen) atoms. The van der Waals surface area contributed by atoms with Gasteiger partial charge in [-0.2, -0.15) is 0 Å². The third-order valence-corrected chi connectivity index (χ3v) is 4.85. The summed E-state index contributed by atoms with van der Waals surface area (Å²) in [5, 5.41) is 1.66. The minimum atomic E-state index is -0.548. The molecule has 0 N–H and O–H groups in total. The van der Waals surface area contributed by atoms with E-state index in [0.29, 0.717) is 35.6 Å². The van der Waals surface area contributed by atoms with Crippen molar-refractivity contribution in [3.63, 3.8) is 0 Å². The van der Waals surface area contributed by atoms with Crippen molar-refractivity contribution in [2.24, 2.45) is 5.92 Å². The number of fused-ring (bicyclic) bond motifs is 2. The van der Waals surface area contributed by atoms with Gasteiger partial charge in [-0.3, -0.25) is 9.36 Å². The number of nitrogens with zero attached hydrogens (tertiary/aromatic N) is 1. The Morgan fingerprint density at radius 1 is 1.34 bits per heavy atom. The fourth-order valence-electron chi connectivity index (χ4n) is 3.45. The number of ether oxygens (including phenoxy) is 2. The highest BCUT2D eigenvalue weighted by atomic mass is 16.5. The molecule has 1 aromatic carbocycles. The smallest absolute Gasteiger partial charge is 0.355 e. The number of hydrogen-bond acceptors (Lipinski definition) is 5. The zero-order valence-electron chi connectivity index (χ0n) is 16.3. The Labute approximate surface area is 167 Å². The van der Waals surface area contributed by atoms with Gasteiger partial charge in [0.15, 0.2) is 0 Å². The summed E-state index contributed by atoms with van der Waals surface area (Å²) in [7, 11) is 0. The van der Waals surface area contributed by atoms with Crippen LogP contribution in [0, 0.1) is 5.92 Å². The quantitative estimate of drug-likeness (QED) is 0.477. The Kier molecular flexibility index (Phi) is 5.08. The third kappa shape index (κ3) is 3.49. The maximum atomic E-state index is 12.2. The molecule has 2 aromatic heterocycles. The molecule has 0 saturated carbocycles. The van der Waals surface area contributed by atoms with Crippen molar-refractivity contribution in [3.05, 3.63) is 64.6 Å². The van der Waals surface area contributed by atoms with Gasteiger partial charge in [0.25, 0.3) is 0 Å². The molecule has 1 aliphatic rings. The van der Waals surface area contributed by atoms with Crippen molar-refractivity contribution in [1.29, 1.82) is 0 Å². The number of carbonyl (C=O) groups is 2. The third-order valence-electron chi connectivity index (χ3n) is 4.85. The van der Waals surface area contributed by atoms with Crippen LogP contribution < -0.4 is 15.4 Å². The van der Waals surface area contributed by atoms with Gasteiger partial charge in [-0.25, -0.2) is 4.79 Å². The van der Waals surface area contributed by atoms with Crippen LogP contribution in [-0.2, 0) is 16.1 Å². The lowest BCUT2D eigenvalue weighted by atomic mass is 10.2. The number of furan rings is 1. The summed E-state index contributed by atoms with van der Waals surface area (Å²) in [4.78, 5) is 23.8. The maximum Gasteiger partial charge on any atom is 0.355 e. The van der Waals surface area contributed by atoms with Crippen LogP contribution in [0.1, 0.15) is 29.9 Å². The zero-order valence-corrected chi connectivity index (χ0v) is 16.3. The normalized spacial score (nSPS) is 15.2. The summed E-state index contributed by atoms with van der Waals surface area (Å²) in [5.74, 6) is 0.323. The fourth-order valence-corrected chi connectivity index (χ4v) is 3.45. The second-order valence-corrected chi connectivity index (χ2v) is 6.82. The van der Waals surface area contributed by atoms with Crippen LogP contribution in [0.15, 0.2) is 47.1 Å². The molecule has 0 amide bonds. The molecule has 1 aliphatic carbocycles. The molecule has 0 radical (unpaired) electrons. The number of rotatable bonds is 6. The summed E-state index contributed by atoms with van der Waals surface area (Å²) in [6.45, 7) is 4.34. The van der Waals surface area contributed by atoms with Crippen LogP contribution in [0.25, 0.3) is 23.1 Å². The van der Waals surface area contributed by atoms with Gasteiger partial charge in [0.2, 0.25) is 6.41 Å². The lowest BCUT2D eigenvalue weighted by Crippen LogP contribution is -2.23. The minimum Gasteiger partial charge on any atom is -0.488 e. The van der Waals surface area contributed by atoms with Gasteiger partial charge in [0.1, 0.15) is 23.5 Å². The second-order valence-electron chi connectivity index (χ2n) is 6.82. The van der Waals surface area contributed by atoms with Gasteiger partial charge >= 0.3 is 5.97 Å². The Bertz CT molecular complexity index is 1230. The molecule has 6 heteroatoms. The number of allylic oxidation sites excluding steroid dienone is 2. The van der Waals surface area contributed by atoms with Gasteiger partial charge in [-0.05, 0) is 37.1 Å². The van der Waals surface area contributed by atoms with Gasteiger partial charge < -0.3 is 13.9 Å². The number of esters is 1. The lowest BCUT2D eigenvalue weighted by Gasteiger charge is -2.06. The molecule has 0 spiro atoms. The molecule has 1 atom stereocenters. The minimum absolute atomic E-state index is 0.173. The van der Waals surface area contributed by atoms with E-state index in [1.807, 2.05) is 18.2 Å². The maximum absolute atomic E-state index is 12.2. The van der Waals surface area contributed by atoms with E-state index in [1.165, 1.54) is 4.57 Å². The predicted octanol–water partition coefficient (Wildman–Crippen LogP) is 2.80. The van der Waals surface area contributed by atoms with Gasteiger partial charge in [-0.15, -0.1) is 0 Å². The van der Waals surface area contributed by atoms with Crippen LogP contribution in [0.5, 0.6) is 5.75 Å². The topological polar surface area (TPSA) is 70.7 Å². The van der Waals surface area contributed by atoms with Crippen molar-refractivity contribution in [2.75, 3.05) is 6.61 Å². The largest absolute Gasteiger partial charge is 0.488 e. The van der Waals surface area contributed by atoms with Crippen LogP contribution in [0.4, 0.5) is 0 Å². The van der Waals surface area contributed by atoms with E-state index >= 15 is 0 Å². The first-order valence-electron chi connectivity index (χ1n) is 9.48. The van der Waals surface area contributed by atoms with Crippen LogP contribution in [0.3, 0.4) is 0 Å². The Balaban J connectivity index is 1.69. The molecule has 0 fully saturated rings. The Morgan fingerprint density at radius 3 is 3.00 bits per heavy atom. The summed E-state index contributed by atoms with van der Waals surface area (Å²) in [6.07, 6.45) is 10.5. The molecule has 148 valence electrons. The van der Waals surface area contributed by atoms with Crippen molar-refractivity contribution in [2.45, 2.75) is 20.5 Å². The average molecular weight is 391 g/mol. The van der Waals surface area contributed by atoms with Gasteiger partial charge in [0, 0.05) is 16.2 Å². The SMILES string of the molecule is CCOC(=O)c1cc2c(OCc3coc4c3=CC=CC(C)C=4)cccc2n1C=O. The summed E-state index contributed by atoms with van der Waals surface area (Å²) < 4.78 is 18.1. The number of carbonyl (C=O) groups excluding carboxylic acids is 2. The first-order valence-corrected chi connectivity index (χ1v) is 9.48. The highest BCUT2D eigenvalue weighted by Gasteiger charge is 2.19. The summed E-state index contributed by atoms with van der Waals surface area (Å²) in [5.41, 5.74) is 2.51. The Morgan fingerprint density at radius 2 is 2.21 bits per heavy atom. The van der Waals surface area contributed by atoms with E-state index in [0.717, 1.165) is 16.2 Å². The molecule has 6 nitrogen and oxygen atoms in total. The van der Waals surface area contributed by atoms with E-state index in [2.05, 4.69) is 19.1 Å². The molecular formula is C23H21NO5. The molecular weight excluding hydrogens is 370 g/mol. The predicted molar refractivity (Wildman–Crippen MR) is 110 cm³/mol.